The summed E-state index contributed by atoms with van der Waals surface area (Å²) in [6.45, 7) is 10.1. The Kier molecular flexibility index (Phi) is 5.77. The molecule has 0 spiro atoms. The molecule has 0 aromatic rings. The van der Waals surface area contributed by atoms with E-state index in [0.717, 1.165) is 39.1 Å². The topological polar surface area (TPSA) is 35.6 Å². The van der Waals surface area contributed by atoms with Crippen LogP contribution >= 0.6 is 0 Å². The number of carbonyl (C=O) groups is 1. The molecule has 1 saturated heterocycles. The Labute approximate surface area is 99.0 Å². The zero-order valence-electron chi connectivity index (χ0n) is 10.8. The minimum atomic E-state index is 0.240. The zero-order valence-corrected chi connectivity index (χ0v) is 10.8. The van der Waals surface area contributed by atoms with Crippen molar-refractivity contribution in [3.63, 3.8) is 0 Å². The van der Waals surface area contributed by atoms with Crippen LogP contribution in [0.4, 0.5) is 0 Å². The zero-order chi connectivity index (χ0) is 12.0. The van der Waals surface area contributed by atoms with Gasteiger partial charge in [-0.05, 0) is 32.5 Å². The van der Waals surface area contributed by atoms with Crippen LogP contribution in [0.2, 0.25) is 0 Å². The highest BCUT2D eigenvalue weighted by Crippen LogP contribution is 2.17. The van der Waals surface area contributed by atoms with Crippen molar-refractivity contribution in [1.82, 2.24) is 15.1 Å². The van der Waals surface area contributed by atoms with E-state index in [1.54, 1.807) is 0 Å². The molecule has 16 heavy (non-hydrogen) atoms. The number of carbonyl (C=O) groups excluding carboxylic acids is 1. The van der Waals surface area contributed by atoms with Gasteiger partial charge >= 0.3 is 0 Å². The third-order valence-electron chi connectivity index (χ3n) is 3.38. The van der Waals surface area contributed by atoms with Gasteiger partial charge in [-0.3, -0.25) is 4.79 Å². The van der Waals surface area contributed by atoms with E-state index in [1.807, 2.05) is 11.9 Å². The van der Waals surface area contributed by atoms with Crippen LogP contribution in [0.1, 0.15) is 20.3 Å². The summed E-state index contributed by atoms with van der Waals surface area (Å²) in [5.41, 5.74) is 0. The molecule has 0 aliphatic carbocycles. The first-order valence-electron chi connectivity index (χ1n) is 6.35. The van der Waals surface area contributed by atoms with Gasteiger partial charge in [0.05, 0.1) is 6.54 Å². The van der Waals surface area contributed by atoms with Gasteiger partial charge in [0.1, 0.15) is 0 Å². The monoisotopic (exact) mass is 227 g/mol. The molecule has 1 N–H and O–H groups in total. The molecular weight excluding hydrogens is 202 g/mol. The Morgan fingerprint density at radius 3 is 2.69 bits per heavy atom. The minimum Gasteiger partial charge on any atom is -0.341 e. The maximum atomic E-state index is 11.7. The van der Waals surface area contributed by atoms with E-state index in [2.05, 4.69) is 24.1 Å². The van der Waals surface area contributed by atoms with E-state index in [4.69, 9.17) is 0 Å². The van der Waals surface area contributed by atoms with E-state index in [9.17, 15) is 4.79 Å². The predicted molar refractivity (Wildman–Crippen MR) is 66.4 cm³/mol. The van der Waals surface area contributed by atoms with Crippen LogP contribution in [0, 0.1) is 5.92 Å². The molecule has 4 heteroatoms. The van der Waals surface area contributed by atoms with Gasteiger partial charge < -0.3 is 15.1 Å². The fraction of sp³-hybridized carbons (Fsp3) is 0.917. The largest absolute Gasteiger partial charge is 0.341 e. The lowest BCUT2D eigenvalue weighted by molar-refractivity contribution is -0.129. The number of hydrogen-bond acceptors (Lipinski definition) is 3. The fourth-order valence-corrected chi connectivity index (χ4v) is 2.32. The van der Waals surface area contributed by atoms with Gasteiger partial charge in [-0.15, -0.1) is 0 Å². The van der Waals surface area contributed by atoms with Crippen molar-refractivity contribution in [2.24, 2.45) is 5.92 Å². The standard InChI is InChI=1S/C12H25N3O/c1-4-14(5-2)9-11-6-7-15(10-11)12(16)8-13-3/h11,13H,4-10H2,1-3H3. The molecule has 1 unspecified atom stereocenters. The predicted octanol–water partition coefficient (Wildman–Crippen LogP) is 0.396. The highest BCUT2D eigenvalue weighted by atomic mass is 16.2. The maximum Gasteiger partial charge on any atom is 0.236 e. The summed E-state index contributed by atoms with van der Waals surface area (Å²) in [7, 11) is 1.82. The Morgan fingerprint density at radius 1 is 1.44 bits per heavy atom. The maximum absolute atomic E-state index is 11.7. The number of hydrogen-bond donors (Lipinski definition) is 1. The fourth-order valence-electron chi connectivity index (χ4n) is 2.32. The second kappa shape index (κ2) is 6.86. The van der Waals surface area contributed by atoms with Crippen molar-refractivity contribution < 1.29 is 4.79 Å². The van der Waals surface area contributed by atoms with Crippen molar-refractivity contribution in [3.8, 4) is 0 Å². The van der Waals surface area contributed by atoms with Crippen molar-refractivity contribution >= 4 is 5.91 Å². The molecule has 1 atom stereocenters. The lowest BCUT2D eigenvalue weighted by atomic mass is 10.1. The molecule has 94 valence electrons. The summed E-state index contributed by atoms with van der Waals surface area (Å²) < 4.78 is 0. The van der Waals surface area contributed by atoms with E-state index in [-0.39, 0.29) is 5.91 Å². The van der Waals surface area contributed by atoms with E-state index >= 15 is 0 Å². The third-order valence-corrected chi connectivity index (χ3v) is 3.38. The minimum absolute atomic E-state index is 0.240. The van der Waals surface area contributed by atoms with Gasteiger partial charge in [0, 0.05) is 19.6 Å². The van der Waals surface area contributed by atoms with Crippen molar-refractivity contribution in [2.75, 3.05) is 46.3 Å². The molecule has 1 aliphatic rings. The molecule has 4 nitrogen and oxygen atoms in total. The van der Waals surface area contributed by atoms with E-state index < -0.39 is 0 Å². The second-order valence-electron chi connectivity index (χ2n) is 4.51. The van der Waals surface area contributed by atoms with Crippen LogP contribution < -0.4 is 5.32 Å². The number of amides is 1. The first-order chi connectivity index (χ1) is 7.71. The molecular formula is C12H25N3O. The van der Waals surface area contributed by atoms with Crippen LogP contribution in [0.5, 0.6) is 0 Å². The molecule has 1 amide bonds. The van der Waals surface area contributed by atoms with Gasteiger partial charge in [0.15, 0.2) is 0 Å². The molecule has 0 aromatic heterocycles. The summed E-state index contributed by atoms with van der Waals surface area (Å²) in [4.78, 5) is 16.1. The molecule has 0 bridgehead atoms. The summed E-state index contributed by atoms with van der Waals surface area (Å²) in [6, 6.07) is 0. The van der Waals surface area contributed by atoms with Gasteiger partial charge in [-0.1, -0.05) is 13.8 Å². The second-order valence-corrected chi connectivity index (χ2v) is 4.51. The van der Waals surface area contributed by atoms with Gasteiger partial charge in [-0.2, -0.15) is 0 Å². The number of nitrogens with one attached hydrogen (secondary N) is 1. The SMILES string of the molecule is CCN(CC)CC1CCN(C(=O)CNC)C1. The van der Waals surface area contributed by atoms with Crippen LogP contribution in [-0.4, -0.2) is 62.0 Å². The molecule has 1 fully saturated rings. The summed E-state index contributed by atoms with van der Waals surface area (Å²) in [5, 5.41) is 2.92. The molecule has 1 rings (SSSR count). The van der Waals surface area contributed by atoms with Gasteiger partial charge in [0.25, 0.3) is 0 Å². The van der Waals surface area contributed by atoms with Crippen molar-refractivity contribution in [3.05, 3.63) is 0 Å². The number of likely N-dealkylation sites (tertiary alicyclic amines) is 1. The number of likely N-dealkylation sites (N-methyl/N-ethyl adjacent to an activating group) is 1. The van der Waals surface area contributed by atoms with Gasteiger partial charge in [0.2, 0.25) is 5.91 Å². The summed E-state index contributed by atoms with van der Waals surface area (Å²) in [5.74, 6) is 0.908. The van der Waals surface area contributed by atoms with Crippen LogP contribution in [0.3, 0.4) is 0 Å². The smallest absolute Gasteiger partial charge is 0.236 e. The van der Waals surface area contributed by atoms with Crippen molar-refractivity contribution in [2.45, 2.75) is 20.3 Å². The molecule has 0 radical (unpaired) electrons. The Morgan fingerprint density at radius 2 is 2.12 bits per heavy atom. The van der Waals surface area contributed by atoms with Crippen LogP contribution in [0.15, 0.2) is 0 Å². The lowest BCUT2D eigenvalue weighted by Gasteiger charge is -2.22. The molecule has 0 saturated carbocycles. The average molecular weight is 227 g/mol. The summed E-state index contributed by atoms with van der Waals surface area (Å²) >= 11 is 0. The Balaban J connectivity index is 2.31. The first-order valence-corrected chi connectivity index (χ1v) is 6.35. The Bertz CT molecular complexity index is 216. The quantitative estimate of drug-likeness (QED) is 0.713. The van der Waals surface area contributed by atoms with Crippen LogP contribution in [0.25, 0.3) is 0 Å². The van der Waals surface area contributed by atoms with Gasteiger partial charge in [-0.25, -0.2) is 0 Å². The number of nitrogens with zero attached hydrogens (tertiary/aromatic N) is 2. The lowest BCUT2D eigenvalue weighted by Crippen LogP contribution is -2.37. The summed E-state index contributed by atoms with van der Waals surface area (Å²) in [6.07, 6.45) is 1.16. The highest BCUT2D eigenvalue weighted by Gasteiger charge is 2.26. The highest BCUT2D eigenvalue weighted by molar-refractivity contribution is 5.78. The molecule has 0 aromatic carbocycles. The Hall–Kier alpha value is -0.610. The normalized spacial score (nSPS) is 20.8. The molecule has 1 aliphatic heterocycles. The average Bonchev–Trinajstić information content (AvgIpc) is 2.74. The van der Waals surface area contributed by atoms with Crippen molar-refractivity contribution in [1.29, 1.82) is 0 Å². The van der Waals surface area contributed by atoms with E-state index in [0.29, 0.717) is 12.5 Å². The number of rotatable bonds is 6. The third kappa shape index (κ3) is 3.76. The van der Waals surface area contributed by atoms with E-state index in [1.165, 1.54) is 0 Å². The van der Waals surface area contributed by atoms with Crippen LogP contribution in [-0.2, 0) is 4.79 Å². The first kappa shape index (κ1) is 13.5. The molecule has 1 heterocycles.